The lowest BCUT2D eigenvalue weighted by Gasteiger charge is -2.25. The number of hydrogen-bond donors (Lipinski definition) is 1. The molecule has 1 fully saturated rings. The predicted molar refractivity (Wildman–Crippen MR) is 49.9 cm³/mol. The lowest BCUT2D eigenvalue weighted by Crippen LogP contribution is -2.33. The van der Waals surface area contributed by atoms with Crippen molar-refractivity contribution in [3.63, 3.8) is 0 Å². The SMILES string of the molecule is CC(F)(CCN)C1CCS(=O)(=O)C1. The van der Waals surface area contributed by atoms with Crippen LogP contribution in [0.25, 0.3) is 0 Å². The minimum absolute atomic E-state index is 0.0139. The highest BCUT2D eigenvalue weighted by atomic mass is 32.2. The highest BCUT2D eigenvalue weighted by Gasteiger charge is 2.41. The van der Waals surface area contributed by atoms with Gasteiger partial charge in [0.15, 0.2) is 9.84 Å². The normalized spacial score (nSPS) is 31.5. The number of hydrogen-bond acceptors (Lipinski definition) is 3. The third kappa shape index (κ3) is 2.64. The first-order chi connectivity index (χ1) is 5.87. The van der Waals surface area contributed by atoms with E-state index in [2.05, 4.69) is 0 Å². The minimum atomic E-state index is -2.98. The van der Waals surface area contributed by atoms with E-state index in [1.165, 1.54) is 6.92 Å². The van der Waals surface area contributed by atoms with E-state index in [1.807, 2.05) is 0 Å². The Hall–Kier alpha value is -0.160. The van der Waals surface area contributed by atoms with Crippen LogP contribution in [0, 0.1) is 5.92 Å². The number of alkyl halides is 1. The number of sulfone groups is 1. The average molecular weight is 209 g/mol. The largest absolute Gasteiger partial charge is 0.330 e. The van der Waals surface area contributed by atoms with Gasteiger partial charge in [-0.2, -0.15) is 0 Å². The molecule has 1 aliphatic rings. The molecule has 1 saturated heterocycles. The Morgan fingerprint density at radius 3 is 2.62 bits per heavy atom. The smallest absolute Gasteiger partial charge is 0.150 e. The van der Waals surface area contributed by atoms with Gasteiger partial charge in [0.05, 0.1) is 11.5 Å². The Balaban J connectivity index is 2.65. The van der Waals surface area contributed by atoms with Gasteiger partial charge in [0, 0.05) is 5.92 Å². The summed E-state index contributed by atoms with van der Waals surface area (Å²) in [5, 5.41) is 0. The van der Waals surface area contributed by atoms with Crippen LogP contribution in [0.5, 0.6) is 0 Å². The Kier molecular flexibility index (Phi) is 2.97. The monoisotopic (exact) mass is 209 g/mol. The first-order valence-electron chi connectivity index (χ1n) is 4.47. The summed E-state index contributed by atoms with van der Waals surface area (Å²) in [4.78, 5) is 0. The molecule has 0 aromatic carbocycles. The molecular formula is C8H16FNO2S. The van der Waals surface area contributed by atoms with Crippen LogP contribution in [0.1, 0.15) is 19.8 Å². The molecule has 13 heavy (non-hydrogen) atoms. The molecule has 0 spiro atoms. The first kappa shape index (κ1) is 10.9. The molecule has 5 heteroatoms. The van der Waals surface area contributed by atoms with Crippen LogP contribution in [0.15, 0.2) is 0 Å². The molecule has 0 aromatic heterocycles. The molecule has 78 valence electrons. The summed E-state index contributed by atoms with van der Waals surface area (Å²) in [7, 11) is -2.98. The predicted octanol–water partition coefficient (Wildman–Crippen LogP) is 0.498. The maximum atomic E-state index is 13.8. The Morgan fingerprint density at radius 2 is 2.23 bits per heavy atom. The zero-order chi connectivity index (χ0) is 10.1. The van der Waals surface area contributed by atoms with E-state index in [-0.39, 0.29) is 30.4 Å². The molecular weight excluding hydrogens is 193 g/mol. The third-order valence-corrected chi connectivity index (χ3v) is 4.48. The molecule has 2 N–H and O–H groups in total. The van der Waals surface area contributed by atoms with Crippen molar-refractivity contribution in [2.24, 2.45) is 11.7 Å². The summed E-state index contributed by atoms with van der Waals surface area (Å²) in [5.41, 5.74) is 3.84. The van der Waals surface area contributed by atoms with E-state index in [0.717, 1.165) is 0 Å². The van der Waals surface area contributed by atoms with Crippen molar-refractivity contribution in [1.29, 1.82) is 0 Å². The molecule has 2 atom stereocenters. The van der Waals surface area contributed by atoms with Crippen LogP contribution in [-0.4, -0.2) is 32.1 Å². The highest BCUT2D eigenvalue weighted by Crippen LogP contribution is 2.34. The number of rotatable bonds is 3. The topological polar surface area (TPSA) is 60.2 Å². The van der Waals surface area contributed by atoms with Gasteiger partial charge in [0.1, 0.15) is 5.67 Å². The quantitative estimate of drug-likeness (QED) is 0.736. The summed E-state index contributed by atoms with van der Waals surface area (Å²) < 4.78 is 36.0. The minimum Gasteiger partial charge on any atom is -0.330 e. The lowest BCUT2D eigenvalue weighted by atomic mass is 9.88. The van der Waals surface area contributed by atoms with Gasteiger partial charge >= 0.3 is 0 Å². The summed E-state index contributed by atoms with van der Waals surface area (Å²) in [6.07, 6.45) is 0.683. The third-order valence-electron chi connectivity index (χ3n) is 2.72. The Morgan fingerprint density at radius 1 is 1.62 bits per heavy atom. The molecule has 0 radical (unpaired) electrons. The Labute approximate surface area is 78.4 Å². The van der Waals surface area contributed by atoms with Gasteiger partial charge in [-0.1, -0.05) is 0 Å². The van der Waals surface area contributed by atoms with Crippen LogP contribution in [0.2, 0.25) is 0 Å². The Bertz CT molecular complexity index is 274. The number of halogens is 1. The molecule has 2 unspecified atom stereocenters. The molecule has 0 aliphatic carbocycles. The maximum absolute atomic E-state index is 13.8. The second-order valence-corrected chi connectivity index (χ2v) is 6.15. The van der Waals surface area contributed by atoms with E-state index in [4.69, 9.17) is 5.73 Å². The van der Waals surface area contributed by atoms with Crippen molar-refractivity contribution in [3.8, 4) is 0 Å². The van der Waals surface area contributed by atoms with E-state index in [9.17, 15) is 12.8 Å². The van der Waals surface area contributed by atoms with Crippen molar-refractivity contribution in [3.05, 3.63) is 0 Å². The maximum Gasteiger partial charge on any atom is 0.150 e. The molecule has 1 aliphatic heterocycles. The van der Waals surface area contributed by atoms with Gasteiger partial charge in [0.2, 0.25) is 0 Å². The second kappa shape index (κ2) is 3.53. The first-order valence-corrected chi connectivity index (χ1v) is 6.29. The fourth-order valence-electron chi connectivity index (χ4n) is 1.76. The van der Waals surface area contributed by atoms with Crippen molar-refractivity contribution < 1.29 is 12.8 Å². The molecule has 0 bridgehead atoms. The van der Waals surface area contributed by atoms with Crippen molar-refractivity contribution in [2.75, 3.05) is 18.1 Å². The van der Waals surface area contributed by atoms with Gasteiger partial charge in [0.25, 0.3) is 0 Å². The van der Waals surface area contributed by atoms with Gasteiger partial charge in [-0.25, -0.2) is 12.8 Å². The van der Waals surface area contributed by atoms with Crippen LogP contribution in [0.4, 0.5) is 4.39 Å². The van der Waals surface area contributed by atoms with Gasteiger partial charge < -0.3 is 5.73 Å². The van der Waals surface area contributed by atoms with Crippen molar-refractivity contribution in [1.82, 2.24) is 0 Å². The molecule has 0 amide bonds. The van der Waals surface area contributed by atoms with Crippen molar-refractivity contribution in [2.45, 2.75) is 25.4 Å². The molecule has 1 heterocycles. The summed E-state index contributed by atoms with van der Waals surface area (Å²) in [6.45, 7) is 1.72. The molecule has 0 saturated carbocycles. The zero-order valence-corrected chi connectivity index (χ0v) is 8.61. The summed E-state index contributed by atoms with van der Waals surface area (Å²) in [6, 6.07) is 0. The summed E-state index contributed by atoms with van der Waals surface area (Å²) >= 11 is 0. The molecule has 3 nitrogen and oxygen atoms in total. The summed E-state index contributed by atoms with van der Waals surface area (Å²) in [5.74, 6) is -0.247. The van der Waals surface area contributed by atoms with Crippen molar-refractivity contribution >= 4 is 9.84 Å². The van der Waals surface area contributed by atoms with Gasteiger partial charge in [-0.05, 0) is 26.3 Å². The lowest BCUT2D eigenvalue weighted by molar-refractivity contribution is 0.108. The van der Waals surface area contributed by atoms with Crippen LogP contribution in [0.3, 0.4) is 0 Å². The highest BCUT2D eigenvalue weighted by molar-refractivity contribution is 7.91. The molecule has 1 rings (SSSR count). The number of nitrogens with two attached hydrogens (primary N) is 1. The standard InChI is InChI=1S/C8H16FNO2S/c1-8(9,3-4-10)7-2-5-13(11,12)6-7/h7H,2-6,10H2,1H3. The van der Waals surface area contributed by atoms with Crippen LogP contribution in [-0.2, 0) is 9.84 Å². The fraction of sp³-hybridized carbons (Fsp3) is 1.00. The molecule has 0 aromatic rings. The zero-order valence-electron chi connectivity index (χ0n) is 7.79. The second-order valence-electron chi connectivity index (χ2n) is 3.92. The van der Waals surface area contributed by atoms with Gasteiger partial charge in [-0.15, -0.1) is 0 Å². The van der Waals surface area contributed by atoms with Crippen LogP contribution < -0.4 is 5.73 Å². The van der Waals surface area contributed by atoms with E-state index in [1.54, 1.807) is 0 Å². The van der Waals surface area contributed by atoms with Gasteiger partial charge in [-0.3, -0.25) is 0 Å². The van der Waals surface area contributed by atoms with E-state index >= 15 is 0 Å². The fourth-order valence-corrected chi connectivity index (χ4v) is 3.69. The van der Waals surface area contributed by atoms with Crippen LogP contribution >= 0.6 is 0 Å². The van der Waals surface area contributed by atoms with E-state index in [0.29, 0.717) is 6.42 Å². The van der Waals surface area contributed by atoms with E-state index < -0.39 is 15.5 Å². The average Bonchev–Trinajstić information content (AvgIpc) is 2.30.